The SMILES string of the molecule is CCO[C@H](CC)COC. The topological polar surface area (TPSA) is 18.5 Å². The van der Waals surface area contributed by atoms with E-state index in [1.165, 1.54) is 0 Å². The summed E-state index contributed by atoms with van der Waals surface area (Å²) in [7, 11) is 1.70. The van der Waals surface area contributed by atoms with E-state index < -0.39 is 0 Å². The largest absolute Gasteiger partial charge is 0.382 e. The van der Waals surface area contributed by atoms with E-state index in [-0.39, 0.29) is 0 Å². The maximum Gasteiger partial charge on any atom is 0.0805 e. The maximum absolute atomic E-state index is 5.31. The van der Waals surface area contributed by atoms with Crippen LogP contribution >= 0.6 is 0 Å². The van der Waals surface area contributed by atoms with Gasteiger partial charge in [-0.05, 0) is 13.3 Å². The number of rotatable bonds is 5. The van der Waals surface area contributed by atoms with Crippen LogP contribution in [0.3, 0.4) is 0 Å². The lowest BCUT2D eigenvalue weighted by Crippen LogP contribution is -2.17. The first kappa shape index (κ1) is 8.92. The van der Waals surface area contributed by atoms with Crippen LogP contribution in [0.15, 0.2) is 0 Å². The van der Waals surface area contributed by atoms with Crippen molar-refractivity contribution in [3.8, 4) is 0 Å². The predicted molar refractivity (Wildman–Crippen MR) is 37.6 cm³/mol. The highest BCUT2D eigenvalue weighted by atomic mass is 16.5. The molecule has 0 aromatic heterocycles. The van der Waals surface area contributed by atoms with Crippen LogP contribution in [0.25, 0.3) is 0 Å². The average molecular weight is 132 g/mol. The normalized spacial score (nSPS) is 13.7. The molecule has 0 spiro atoms. The second-order valence-electron chi connectivity index (χ2n) is 1.94. The summed E-state index contributed by atoms with van der Waals surface area (Å²) in [5.41, 5.74) is 0. The Morgan fingerprint density at radius 3 is 2.33 bits per heavy atom. The Morgan fingerprint density at radius 2 is 2.00 bits per heavy atom. The van der Waals surface area contributed by atoms with Gasteiger partial charge >= 0.3 is 0 Å². The van der Waals surface area contributed by atoms with Crippen LogP contribution in [0.5, 0.6) is 0 Å². The Balaban J connectivity index is 3.18. The molecule has 0 unspecified atom stereocenters. The van der Waals surface area contributed by atoms with Crippen molar-refractivity contribution in [3.05, 3.63) is 0 Å². The fourth-order valence-electron chi connectivity index (χ4n) is 0.705. The van der Waals surface area contributed by atoms with Crippen molar-refractivity contribution in [1.82, 2.24) is 0 Å². The van der Waals surface area contributed by atoms with E-state index in [2.05, 4.69) is 6.92 Å². The van der Waals surface area contributed by atoms with Gasteiger partial charge in [0.25, 0.3) is 0 Å². The first-order chi connectivity index (χ1) is 4.35. The van der Waals surface area contributed by atoms with Crippen LogP contribution in [0.1, 0.15) is 20.3 Å². The molecule has 2 nitrogen and oxygen atoms in total. The summed E-state index contributed by atoms with van der Waals surface area (Å²) in [6, 6.07) is 0. The quantitative estimate of drug-likeness (QED) is 0.563. The lowest BCUT2D eigenvalue weighted by molar-refractivity contribution is 0.00244. The first-order valence-corrected chi connectivity index (χ1v) is 3.45. The molecule has 0 radical (unpaired) electrons. The lowest BCUT2D eigenvalue weighted by Gasteiger charge is -2.12. The molecule has 0 aliphatic rings. The van der Waals surface area contributed by atoms with Gasteiger partial charge in [0, 0.05) is 13.7 Å². The van der Waals surface area contributed by atoms with E-state index in [0.717, 1.165) is 13.0 Å². The molecule has 0 saturated heterocycles. The highest BCUT2D eigenvalue weighted by Crippen LogP contribution is 1.96. The van der Waals surface area contributed by atoms with Crippen LogP contribution in [-0.2, 0) is 9.47 Å². The van der Waals surface area contributed by atoms with Crippen molar-refractivity contribution in [3.63, 3.8) is 0 Å². The van der Waals surface area contributed by atoms with Crippen LogP contribution < -0.4 is 0 Å². The van der Waals surface area contributed by atoms with Gasteiger partial charge in [0.1, 0.15) is 0 Å². The number of ether oxygens (including phenoxy) is 2. The molecule has 0 N–H and O–H groups in total. The van der Waals surface area contributed by atoms with Gasteiger partial charge in [0.15, 0.2) is 0 Å². The van der Waals surface area contributed by atoms with E-state index in [4.69, 9.17) is 9.47 Å². The van der Waals surface area contributed by atoms with Crippen molar-refractivity contribution < 1.29 is 9.47 Å². The summed E-state index contributed by atoms with van der Waals surface area (Å²) in [4.78, 5) is 0. The zero-order valence-electron chi connectivity index (χ0n) is 6.52. The third-order valence-corrected chi connectivity index (χ3v) is 1.21. The van der Waals surface area contributed by atoms with Crippen molar-refractivity contribution in [2.24, 2.45) is 0 Å². The van der Waals surface area contributed by atoms with Crippen LogP contribution in [0.4, 0.5) is 0 Å². The average Bonchev–Trinajstić information content (AvgIpc) is 1.88. The van der Waals surface area contributed by atoms with Crippen LogP contribution in [-0.4, -0.2) is 26.4 Å². The Kier molecular flexibility index (Phi) is 5.99. The Morgan fingerprint density at radius 1 is 1.33 bits per heavy atom. The molecule has 0 fully saturated rings. The minimum absolute atomic E-state index is 0.292. The summed E-state index contributed by atoms with van der Waals surface area (Å²) >= 11 is 0. The molecule has 0 heterocycles. The summed E-state index contributed by atoms with van der Waals surface area (Å²) < 4.78 is 10.2. The first-order valence-electron chi connectivity index (χ1n) is 3.45. The molecule has 0 amide bonds. The number of hydrogen-bond donors (Lipinski definition) is 0. The molecule has 0 bridgehead atoms. The zero-order valence-corrected chi connectivity index (χ0v) is 6.52. The number of hydrogen-bond acceptors (Lipinski definition) is 2. The summed E-state index contributed by atoms with van der Waals surface area (Å²) in [5, 5.41) is 0. The highest BCUT2D eigenvalue weighted by molar-refractivity contribution is 4.50. The van der Waals surface area contributed by atoms with Gasteiger partial charge in [-0.15, -0.1) is 0 Å². The van der Waals surface area contributed by atoms with E-state index in [1.807, 2.05) is 6.92 Å². The molecule has 2 heteroatoms. The molecule has 0 rings (SSSR count). The molecule has 1 atom stereocenters. The van der Waals surface area contributed by atoms with E-state index in [1.54, 1.807) is 7.11 Å². The van der Waals surface area contributed by atoms with E-state index in [0.29, 0.717) is 12.7 Å². The lowest BCUT2D eigenvalue weighted by atomic mass is 10.3. The number of methoxy groups -OCH3 is 1. The van der Waals surface area contributed by atoms with Gasteiger partial charge in [-0.25, -0.2) is 0 Å². The predicted octanol–water partition coefficient (Wildman–Crippen LogP) is 1.45. The van der Waals surface area contributed by atoms with E-state index in [9.17, 15) is 0 Å². The maximum atomic E-state index is 5.31. The molecule has 0 saturated carbocycles. The molecular weight excluding hydrogens is 116 g/mol. The van der Waals surface area contributed by atoms with E-state index >= 15 is 0 Å². The van der Waals surface area contributed by atoms with Gasteiger partial charge in [0.2, 0.25) is 0 Å². The summed E-state index contributed by atoms with van der Waals surface area (Å²) in [5.74, 6) is 0. The van der Waals surface area contributed by atoms with Crippen molar-refractivity contribution in [1.29, 1.82) is 0 Å². The molecule has 0 aliphatic heterocycles. The summed E-state index contributed by atoms with van der Waals surface area (Å²) in [6.07, 6.45) is 1.32. The molecular formula is C7H16O2. The highest BCUT2D eigenvalue weighted by Gasteiger charge is 2.02. The van der Waals surface area contributed by atoms with Gasteiger partial charge in [0.05, 0.1) is 12.7 Å². The van der Waals surface area contributed by atoms with Gasteiger partial charge < -0.3 is 9.47 Å². The molecule has 56 valence electrons. The van der Waals surface area contributed by atoms with Crippen LogP contribution in [0.2, 0.25) is 0 Å². The molecule has 9 heavy (non-hydrogen) atoms. The van der Waals surface area contributed by atoms with Gasteiger partial charge in [-0.1, -0.05) is 6.92 Å². The van der Waals surface area contributed by atoms with Crippen LogP contribution in [0, 0.1) is 0 Å². The smallest absolute Gasteiger partial charge is 0.0805 e. The standard InChI is InChI=1S/C7H16O2/c1-4-7(6-8-3)9-5-2/h7H,4-6H2,1-3H3/t7-/m1/s1. The zero-order chi connectivity index (χ0) is 7.11. The fraction of sp³-hybridized carbons (Fsp3) is 1.00. The monoisotopic (exact) mass is 132 g/mol. The Bertz CT molecular complexity index is 48.9. The fourth-order valence-corrected chi connectivity index (χ4v) is 0.705. The van der Waals surface area contributed by atoms with Crippen molar-refractivity contribution >= 4 is 0 Å². The minimum Gasteiger partial charge on any atom is -0.382 e. The Hall–Kier alpha value is -0.0800. The molecule has 0 aromatic carbocycles. The van der Waals surface area contributed by atoms with Gasteiger partial charge in [-0.3, -0.25) is 0 Å². The van der Waals surface area contributed by atoms with Crippen molar-refractivity contribution in [2.45, 2.75) is 26.4 Å². The third kappa shape index (κ3) is 4.43. The molecule has 0 aliphatic carbocycles. The summed E-state index contributed by atoms with van der Waals surface area (Å²) in [6.45, 7) is 5.59. The minimum atomic E-state index is 0.292. The third-order valence-electron chi connectivity index (χ3n) is 1.21. The Labute approximate surface area is 57.2 Å². The van der Waals surface area contributed by atoms with Gasteiger partial charge in [-0.2, -0.15) is 0 Å². The van der Waals surface area contributed by atoms with Crippen molar-refractivity contribution in [2.75, 3.05) is 20.3 Å². The second-order valence-corrected chi connectivity index (χ2v) is 1.94. The second kappa shape index (κ2) is 6.05. The molecule has 0 aromatic rings.